The lowest BCUT2D eigenvalue weighted by molar-refractivity contribution is 0.0713. The van der Waals surface area contributed by atoms with Gasteiger partial charge in [-0.25, -0.2) is 14.4 Å². The lowest BCUT2D eigenvalue weighted by atomic mass is 10.0. The van der Waals surface area contributed by atoms with Crippen LogP contribution in [0.2, 0.25) is 0 Å². The van der Waals surface area contributed by atoms with Crippen molar-refractivity contribution in [3.63, 3.8) is 0 Å². The van der Waals surface area contributed by atoms with Gasteiger partial charge in [-0.3, -0.25) is 19.6 Å². The van der Waals surface area contributed by atoms with Gasteiger partial charge in [0.2, 0.25) is 0 Å². The molecular formula is C36H46FN7O4. The maximum atomic E-state index is 14.3. The summed E-state index contributed by atoms with van der Waals surface area (Å²) in [4.78, 5) is 35.8. The van der Waals surface area contributed by atoms with Gasteiger partial charge in [-0.1, -0.05) is 0 Å². The van der Waals surface area contributed by atoms with Gasteiger partial charge in [0.05, 0.1) is 25.0 Å². The highest BCUT2D eigenvalue weighted by molar-refractivity contribution is 5.97. The molecule has 4 aliphatic rings. The Kier molecular flexibility index (Phi) is 9.74. The zero-order valence-electron chi connectivity index (χ0n) is 28.2. The molecule has 7 rings (SSSR count). The van der Waals surface area contributed by atoms with Gasteiger partial charge in [-0.2, -0.15) is 0 Å². The average molecular weight is 660 g/mol. The highest BCUT2D eigenvalue weighted by Gasteiger charge is 2.48. The lowest BCUT2D eigenvalue weighted by Crippen LogP contribution is -2.39. The molecule has 0 aliphatic carbocycles. The zero-order chi connectivity index (χ0) is 33.2. The number of nitrogens with zero attached hydrogens (tertiary/aromatic N) is 7. The summed E-state index contributed by atoms with van der Waals surface area (Å²) < 4.78 is 32.9. The number of pyridine rings is 1. The maximum absolute atomic E-state index is 14.3. The first-order valence-corrected chi connectivity index (χ1v) is 17.4. The summed E-state index contributed by atoms with van der Waals surface area (Å²) in [5.41, 5.74) is 2.54. The van der Waals surface area contributed by atoms with Crippen molar-refractivity contribution in [3.8, 4) is 17.2 Å². The molecule has 0 radical (unpaired) electrons. The maximum Gasteiger partial charge on any atom is 0.257 e. The Bertz CT molecular complexity index is 1590. The first kappa shape index (κ1) is 32.7. The van der Waals surface area contributed by atoms with E-state index in [0.29, 0.717) is 43.3 Å². The second kappa shape index (κ2) is 14.3. The molecule has 11 nitrogen and oxygen atoms in total. The number of piperidine rings is 1. The van der Waals surface area contributed by atoms with Crippen molar-refractivity contribution in [2.75, 3.05) is 57.4 Å². The summed E-state index contributed by atoms with van der Waals surface area (Å²) in [6.45, 7) is 13.5. The van der Waals surface area contributed by atoms with Crippen LogP contribution in [0.15, 0.2) is 43.0 Å². The number of benzene rings is 1. The summed E-state index contributed by atoms with van der Waals surface area (Å²) in [5.74, 6) is 1.50. The van der Waals surface area contributed by atoms with Gasteiger partial charge >= 0.3 is 0 Å². The average Bonchev–Trinajstić information content (AvgIpc) is 3.82. The summed E-state index contributed by atoms with van der Waals surface area (Å²) in [6, 6.07) is 7.30. The largest absolute Gasteiger partial charge is 0.490 e. The van der Waals surface area contributed by atoms with Crippen molar-refractivity contribution in [3.05, 3.63) is 65.6 Å². The van der Waals surface area contributed by atoms with E-state index < -0.39 is 5.82 Å². The molecule has 2 aromatic heterocycles. The smallest absolute Gasteiger partial charge is 0.257 e. The fourth-order valence-electron chi connectivity index (χ4n) is 7.51. The van der Waals surface area contributed by atoms with Gasteiger partial charge in [0, 0.05) is 101 Å². The van der Waals surface area contributed by atoms with E-state index in [1.54, 1.807) is 11.1 Å². The van der Waals surface area contributed by atoms with Crippen LogP contribution in [0, 0.1) is 5.82 Å². The molecule has 0 spiro atoms. The van der Waals surface area contributed by atoms with E-state index in [9.17, 15) is 9.18 Å². The van der Waals surface area contributed by atoms with E-state index in [0.717, 1.165) is 70.1 Å². The number of aromatic nitrogens is 3. The molecule has 12 heteroatoms. The molecule has 0 bridgehead atoms. The van der Waals surface area contributed by atoms with E-state index in [1.807, 2.05) is 33.0 Å². The van der Waals surface area contributed by atoms with E-state index in [4.69, 9.17) is 19.2 Å². The van der Waals surface area contributed by atoms with Gasteiger partial charge < -0.3 is 24.0 Å². The molecule has 4 aliphatic heterocycles. The summed E-state index contributed by atoms with van der Waals surface area (Å²) >= 11 is 0. The molecule has 1 amide bonds. The van der Waals surface area contributed by atoms with Gasteiger partial charge in [0.15, 0.2) is 11.6 Å². The Labute approximate surface area is 282 Å². The van der Waals surface area contributed by atoms with E-state index in [-0.39, 0.29) is 29.4 Å². The monoisotopic (exact) mass is 659 g/mol. The summed E-state index contributed by atoms with van der Waals surface area (Å²) in [7, 11) is 0. The van der Waals surface area contributed by atoms with Crippen LogP contribution in [0.4, 0.5) is 10.2 Å². The van der Waals surface area contributed by atoms with Crippen LogP contribution >= 0.6 is 0 Å². The number of anilines is 1. The van der Waals surface area contributed by atoms with Crippen molar-refractivity contribution < 1.29 is 23.4 Å². The number of hydrogen-bond donors (Lipinski definition) is 0. The fraction of sp³-hybridized carbons (Fsp3) is 0.556. The zero-order valence-corrected chi connectivity index (χ0v) is 28.2. The Balaban J connectivity index is 0.982. The van der Waals surface area contributed by atoms with Crippen molar-refractivity contribution in [2.45, 2.75) is 77.2 Å². The minimum Gasteiger partial charge on any atom is -0.490 e. The molecule has 3 aromatic rings. The molecule has 3 saturated heterocycles. The minimum absolute atomic E-state index is 0.0414. The SMILES string of the molecule is CCN(C(=O)c1cc(F)ccc1Oc1cncnc1N1CCC(Oc2ccnc3c2CN(CC[C@H]2C4COCCN42)CC3)CC1)C(C)C. The van der Waals surface area contributed by atoms with Crippen LogP contribution < -0.4 is 14.4 Å². The standard InChI is InChI=1S/C36H46FN7O4/c1-4-43(24(2)3)36(45)27-19-25(37)5-6-32(27)48-34-20-38-23-40-35(34)42-15-8-26(9-16-42)47-33-7-12-39-29-10-13-41(21-28(29)33)14-11-30-31-22-46-18-17-44(30)31/h5-7,12,19-20,23-24,26,30-31H,4,8-11,13-18,21-22H2,1-3H3/t30-,31?,44?/m0/s1. The lowest BCUT2D eigenvalue weighted by Gasteiger charge is -2.35. The number of fused-ring (bicyclic) bond motifs is 2. The Morgan fingerprint density at radius 2 is 1.96 bits per heavy atom. The molecule has 6 heterocycles. The van der Waals surface area contributed by atoms with E-state index in [2.05, 4.69) is 24.7 Å². The van der Waals surface area contributed by atoms with Gasteiger partial charge in [0.25, 0.3) is 5.91 Å². The number of hydrogen-bond acceptors (Lipinski definition) is 10. The quantitative estimate of drug-likeness (QED) is 0.273. The van der Waals surface area contributed by atoms with Gasteiger partial charge in [-0.15, -0.1) is 0 Å². The predicted molar refractivity (Wildman–Crippen MR) is 179 cm³/mol. The number of carbonyl (C=O) groups is 1. The second-order valence-electron chi connectivity index (χ2n) is 13.4. The first-order chi connectivity index (χ1) is 23.4. The van der Waals surface area contributed by atoms with E-state index in [1.165, 1.54) is 36.5 Å². The highest BCUT2D eigenvalue weighted by Crippen LogP contribution is 2.36. The highest BCUT2D eigenvalue weighted by atomic mass is 19.1. The van der Waals surface area contributed by atoms with Crippen LogP contribution in [0.1, 0.15) is 61.6 Å². The molecule has 0 saturated carbocycles. The fourth-order valence-corrected chi connectivity index (χ4v) is 7.51. The number of ether oxygens (including phenoxy) is 3. The third-order valence-corrected chi connectivity index (χ3v) is 10.2. The Morgan fingerprint density at radius 1 is 1.10 bits per heavy atom. The van der Waals surface area contributed by atoms with Crippen LogP contribution in [0.5, 0.6) is 17.2 Å². The summed E-state index contributed by atoms with van der Waals surface area (Å²) in [6.07, 6.45) is 8.78. The van der Waals surface area contributed by atoms with Crippen LogP contribution in [-0.4, -0.2) is 112 Å². The molecular weight excluding hydrogens is 613 g/mol. The molecule has 3 fully saturated rings. The third-order valence-electron chi connectivity index (χ3n) is 10.2. The minimum atomic E-state index is -0.496. The normalized spacial score (nSPS) is 22.6. The number of amides is 1. The molecule has 256 valence electrons. The molecule has 1 aromatic carbocycles. The molecule has 0 N–H and O–H groups in total. The van der Waals surface area contributed by atoms with E-state index >= 15 is 0 Å². The Hall–Kier alpha value is -3.87. The topological polar surface area (TPSA) is 96.2 Å². The molecule has 3 atom stereocenters. The van der Waals surface area contributed by atoms with Gasteiger partial charge in [0.1, 0.15) is 29.7 Å². The van der Waals surface area contributed by atoms with Gasteiger partial charge in [-0.05, 0) is 51.5 Å². The number of carbonyl (C=O) groups excluding carboxylic acids is 1. The van der Waals surface area contributed by atoms with Crippen molar-refractivity contribution in [1.29, 1.82) is 0 Å². The molecule has 48 heavy (non-hydrogen) atoms. The second-order valence-corrected chi connectivity index (χ2v) is 13.4. The number of halogens is 1. The van der Waals surface area contributed by atoms with Crippen LogP contribution in [-0.2, 0) is 17.7 Å². The Morgan fingerprint density at radius 3 is 2.73 bits per heavy atom. The predicted octanol–water partition coefficient (Wildman–Crippen LogP) is 4.55. The van der Waals surface area contributed by atoms with Crippen molar-refractivity contribution in [2.24, 2.45) is 0 Å². The van der Waals surface area contributed by atoms with Crippen LogP contribution in [0.25, 0.3) is 0 Å². The molecule has 2 unspecified atom stereocenters. The third kappa shape index (κ3) is 6.97. The first-order valence-electron chi connectivity index (χ1n) is 17.4. The van der Waals surface area contributed by atoms with Crippen molar-refractivity contribution in [1.82, 2.24) is 29.7 Å². The number of morpholine rings is 1. The van der Waals surface area contributed by atoms with Crippen molar-refractivity contribution >= 4 is 11.7 Å². The number of rotatable bonds is 11. The van der Waals surface area contributed by atoms with Crippen LogP contribution in [0.3, 0.4) is 0 Å². The summed E-state index contributed by atoms with van der Waals surface area (Å²) in [5, 5.41) is 0.